The SMILES string of the molecule is C[C@@H]1C[C@H]2O[C@]3(O[C@H]2C(C)(C)O)[C@H]1[C@@]1(C)CCC2=C(CCC4C(C)(C)[C@@H]5CC[C@@]4(C2)O5)[C@]1(C)[C@H]3O. The molecule has 5 fully saturated rings. The Balaban J connectivity index is 1.34. The van der Waals surface area contributed by atoms with Crippen molar-refractivity contribution < 1.29 is 24.4 Å². The third-order valence-electron chi connectivity index (χ3n) is 12.9. The van der Waals surface area contributed by atoms with Gasteiger partial charge >= 0.3 is 0 Å². The van der Waals surface area contributed by atoms with E-state index in [1.54, 1.807) is 5.57 Å². The van der Waals surface area contributed by atoms with Crippen LogP contribution in [0.25, 0.3) is 0 Å². The monoisotopic (exact) mass is 486 g/mol. The fraction of sp³-hybridized carbons (Fsp3) is 0.933. The summed E-state index contributed by atoms with van der Waals surface area (Å²) < 4.78 is 20.3. The molecular formula is C30H46O5. The van der Waals surface area contributed by atoms with Gasteiger partial charge in [-0.15, -0.1) is 0 Å². The van der Waals surface area contributed by atoms with Crippen LogP contribution in [-0.2, 0) is 14.2 Å². The van der Waals surface area contributed by atoms with Gasteiger partial charge in [0.15, 0.2) is 5.79 Å². The molecule has 4 heterocycles. The van der Waals surface area contributed by atoms with Gasteiger partial charge in [0.1, 0.15) is 12.2 Å². The first-order valence-electron chi connectivity index (χ1n) is 14.4. The normalized spacial score (nSPS) is 58.0. The van der Waals surface area contributed by atoms with Crippen LogP contribution in [0.2, 0.25) is 0 Å². The Bertz CT molecular complexity index is 995. The van der Waals surface area contributed by atoms with Gasteiger partial charge in [-0.3, -0.25) is 0 Å². The first-order chi connectivity index (χ1) is 16.2. The molecule has 0 aromatic rings. The molecule has 11 atom stereocenters. The third-order valence-corrected chi connectivity index (χ3v) is 12.9. The summed E-state index contributed by atoms with van der Waals surface area (Å²) in [7, 11) is 0. The van der Waals surface area contributed by atoms with Gasteiger partial charge in [0.2, 0.25) is 0 Å². The summed E-state index contributed by atoms with van der Waals surface area (Å²) in [6, 6.07) is 0. The Morgan fingerprint density at radius 1 is 0.971 bits per heavy atom. The van der Waals surface area contributed by atoms with Crippen LogP contribution in [0.3, 0.4) is 0 Å². The van der Waals surface area contributed by atoms with E-state index < -0.39 is 29.0 Å². The maximum absolute atomic E-state index is 12.4. The Morgan fingerprint density at radius 2 is 1.71 bits per heavy atom. The van der Waals surface area contributed by atoms with E-state index in [2.05, 4.69) is 34.6 Å². The molecule has 5 heteroatoms. The maximum Gasteiger partial charge on any atom is 0.199 e. The van der Waals surface area contributed by atoms with Gasteiger partial charge in [0, 0.05) is 11.3 Å². The molecule has 2 spiro atoms. The summed E-state index contributed by atoms with van der Waals surface area (Å²) in [4.78, 5) is 0. The van der Waals surface area contributed by atoms with Crippen LogP contribution in [0.5, 0.6) is 0 Å². The zero-order valence-electron chi connectivity index (χ0n) is 22.8. The van der Waals surface area contributed by atoms with Crippen LogP contribution in [0.4, 0.5) is 0 Å². The summed E-state index contributed by atoms with van der Waals surface area (Å²) in [5.41, 5.74) is 1.73. The summed E-state index contributed by atoms with van der Waals surface area (Å²) in [5, 5.41) is 23.3. The van der Waals surface area contributed by atoms with Crippen molar-refractivity contribution >= 4 is 0 Å². The second-order valence-electron chi connectivity index (χ2n) is 15.2. The van der Waals surface area contributed by atoms with Gasteiger partial charge in [0.25, 0.3) is 0 Å². The molecule has 196 valence electrons. The molecule has 5 nitrogen and oxygen atoms in total. The quantitative estimate of drug-likeness (QED) is 0.503. The molecule has 0 amide bonds. The molecule has 3 aliphatic carbocycles. The lowest BCUT2D eigenvalue weighted by molar-refractivity contribution is -0.280. The van der Waals surface area contributed by atoms with E-state index >= 15 is 0 Å². The van der Waals surface area contributed by atoms with Gasteiger partial charge < -0.3 is 24.4 Å². The number of ether oxygens (including phenoxy) is 3. The first kappa shape index (κ1) is 23.6. The predicted octanol–water partition coefficient (Wildman–Crippen LogP) is 5.13. The Labute approximate surface area is 211 Å². The highest BCUT2D eigenvalue weighted by molar-refractivity contribution is 5.40. The van der Waals surface area contributed by atoms with E-state index in [9.17, 15) is 10.2 Å². The summed E-state index contributed by atoms with van der Waals surface area (Å²) in [6.45, 7) is 15.5. The van der Waals surface area contributed by atoms with Crippen molar-refractivity contribution in [2.75, 3.05) is 0 Å². The van der Waals surface area contributed by atoms with Crippen LogP contribution < -0.4 is 0 Å². The molecule has 4 bridgehead atoms. The average Bonchev–Trinajstić information content (AvgIpc) is 3.36. The molecular weight excluding hydrogens is 440 g/mol. The third kappa shape index (κ3) is 2.50. The average molecular weight is 487 g/mol. The van der Waals surface area contributed by atoms with Crippen LogP contribution in [0, 0.1) is 34.0 Å². The van der Waals surface area contributed by atoms with Crippen molar-refractivity contribution in [3.05, 3.63) is 11.1 Å². The molecule has 2 N–H and O–H groups in total. The lowest BCUT2D eigenvalue weighted by Crippen LogP contribution is -2.52. The standard InChI is InChI=1S/C30H46O5/c1-16-14-19-23(26(4,5)32)35-30(33-19)22(16)27(6)12-10-17-15-29-13-11-21(34-29)25(2,3)20(29)9-8-18(17)28(27,7)24(30)31/h16,19-24,31-32H,8-15H2,1-7H3/t16-,19-,20?,21+,22-,23-,24-,27-,28-,29+,30+/m1/s1. The van der Waals surface area contributed by atoms with E-state index in [1.165, 1.54) is 18.4 Å². The lowest BCUT2D eigenvalue weighted by atomic mass is 9.52. The minimum absolute atomic E-state index is 0.00525. The topological polar surface area (TPSA) is 68.2 Å². The van der Waals surface area contributed by atoms with Crippen molar-refractivity contribution in [2.24, 2.45) is 34.0 Å². The van der Waals surface area contributed by atoms with Crippen molar-refractivity contribution in [1.82, 2.24) is 0 Å². The van der Waals surface area contributed by atoms with Crippen LogP contribution in [0.1, 0.15) is 99.8 Å². The number of hydrogen-bond acceptors (Lipinski definition) is 5. The van der Waals surface area contributed by atoms with Crippen molar-refractivity contribution in [2.45, 2.75) is 141 Å². The molecule has 7 aliphatic rings. The molecule has 0 aromatic carbocycles. The molecule has 4 aliphatic heterocycles. The minimum Gasteiger partial charge on any atom is -0.388 e. The number of hydrogen-bond donors (Lipinski definition) is 2. The highest BCUT2D eigenvalue weighted by Crippen LogP contribution is 2.76. The van der Waals surface area contributed by atoms with Crippen molar-refractivity contribution in [3.8, 4) is 0 Å². The van der Waals surface area contributed by atoms with E-state index in [0.717, 1.165) is 38.5 Å². The smallest absolute Gasteiger partial charge is 0.199 e. The Morgan fingerprint density at radius 3 is 2.43 bits per heavy atom. The fourth-order valence-electron chi connectivity index (χ4n) is 11.3. The first-order valence-corrected chi connectivity index (χ1v) is 14.4. The predicted molar refractivity (Wildman–Crippen MR) is 132 cm³/mol. The highest BCUT2D eigenvalue weighted by atomic mass is 16.8. The van der Waals surface area contributed by atoms with Crippen molar-refractivity contribution in [3.63, 3.8) is 0 Å². The van der Waals surface area contributed by atoms with Gasteiger partial charge in [-0.1, -0.05) is 45.8 Å². The summed E-state index contributed by atoms with van der Waals surface area (Å²) >= 11 is 0. The second kappa shape index (κ2) is 6.57. The molecule has 0 aromatic heterocycles. The molecule has 1 saturated carbocycles. The highest BCUT2D eigenvalue weighted by Gasteiger charge is 2.80. The lowest BCUT2D eigenvalue weighted by Gasteiger charge is -2.52. The molecule has 0 radical (unpaired) electrons. The number of aliphatic hydroxyl groups is 2. The summed E-state index contributed by atoms with van der Waals surface area (Å²) in [5.74, 6) is 0.0201. The van der Waals surface area contributed by atoms with Gasteiger partial charge in [-0.2, -0.15) is 0 Å². The van der Waals surface area contributed by atoms with Crippen molar-refractivity contribution in [1.29, 1.82) is 0 Å². The second-order valence-corrected chi connectivity index (χ2v) is 15.2. The van der Waals surface area contributed by atoms with Gasteiger partial charge in [-0.25, -0.2) is 0 Å². The maximum atomic E-state index is 12.4. The molecule has 7 rings (SSSR count). The zero-order valence-corrected chi connectivity index (χ0v) is 22.8. The number of rotatable bonds is 1. The Hall–Kier alpha value is -0.460. The molecule has 35 heavy (non-hydrogen) atoms. The van der Waals surface area contributed by atoms with Crippen LogP contribution in [-0.4, -0.2) is 51.6 Å². The molecule has 4 saturated heterocycles. The van der Waals surface area contributed by atoms with Crippen LogP contribution in [0.15, 0.2) is 11.1 Å². The zero-order chi connectivity index (χ0) is 25.0. The summed E-state index contributed by atoms with van der Waals surface area (Å²) in [6.07, 6.45) is 7.68. The van der Waals surface area contributed by atoms with Gasteiger partial charge in [0.05, 0.1) is 23.4 Å². The van der Waals surface area contributed by atoms with Crippen LogP contribution >= 0.6 is 0 Å². The number of fused-ring (bicyclic) bond motifs is 5. The number of aliphatic hydroxyl groups excluding tert-OH is 1. The Kier molecular flexibility index (Phi) is 4.44. The van der Waals surface area contributed by atoms with E-state index in [-0.39, 0.29) is 28.5 Å². The van der Waals surface area contributed by atoms with E-state index in [4.69, 9.17) is 14.2 Å². The fourth-order valence-corrected chi connectivity index (χ4v) is 11.3. The molecule has 1 unspecified atom stereocenters. The largest absolute Gasteiger partial charge is 0.388 e. The van der Waals surface area contributed by atoms with E-state index in [1.807, 2.05) is 13.8 Å². The van der Waals surface area contributed by atoms with Gasteiger partial charge in [-0.05, 0) is 87.9 Å². The minimum atomic E-state index is -1.03. The van der Waals surface area contributed by atoms with E-state index in [0.29, 0.717) is 17.9 Å².